The van der Waals surface area contributed by atoms with Crippen LogP contribution in [0.1, 0.15) is 10.4 Å². The van der Waals surface area contributed by atoms with Crippen LogP contribution in [0.15, 0.2) is 23.2 Å². The van der Waals surface area contributed by atoms with Crippen molar-refractivity contribution < 1.29 is 14.5 Å². The Morgan fingerprint density at radius 1 is 1.53 bits per heavy atom. The fourth-order valence-electron chi connectivity index (χ4n) is 1.00. The van der Waals surface area contributed by atoms with Crippen molar-refractivity contribution in [1.29, 1.82) is 0 Å². The van der Waals surface area contributed by atoms with E-state index < -0.39 is 16.5 Å². The van der Waals surface area contributed by atoms with Crippen molar-refractivity contribution in [3.05, 3.63) is 33.9 Å². The Hall–Kier alpha value is -2.53. The number of benzene rings is 1. The normalized spacial score (nSPS) is 9.07. The summed E-state index contributed by atoms with van der Waals surface area (Å²) in [5, 5.41) is 10.5. The SMILES string of the molecule is NC(=O)c1ccc(N=C=O)cc1[N+](=O)[O-]. The Labute approximate surface area is 83.4 Å². The highest BCUT2D eigenvalue weighted by molar-refractivity contribution is 5.97. The van der Waals surface area contributed by atoms with E-state index in [1.165, 1.54) is 12.1 Å². The molecule has 1 aromatic carbocycles. The molecule has 0 fully saturated rings. The first-order valence-corrected chi connectivity index (χ1v) is 3.72. The number of carbonyl (C=O) groups excluding carboxylic acids is 2. The molecule has 0 aliphatic rings. The molecule has 0 aliphatic carbocycles. The van der Waals surface area contributed by atoms with E-state index in [4.69, 9.17) is 5.73 Å². The summed E-state index contributed by atoms with van der Waals surface area (Å²) >= 11 is 0. The monoisotopic (exact) mass is 207 g/mol. The van der Waals surface area contributed by atoms with Crippen molar-refractivity contribution in [2.75, 3.05) is 0 Å². The number of amides is 1. The minimum atomic E-state index is -0.914. The van der Waals surface area contributed by atoms with E-state index in [9.17, 15) is 19.7 Å². The van der Waals surface area contributed by atoms with Gasteiger partial charge in [0.2, 0.25) is 6.08 Å². The topological polar surface area (TPSA) is 116 Å². The van der Waals surface area contributed by atoms with Crippen molar-refractivity contribution in [3.63, 3.8) is 0 Å². The maximum absolute atomic E-state index is 10.8. The summed E-state index contributed by atoms with van der Waals surface area (Å²) < 4.78 is 0. The maximum atomic E-state index is 10.8. The van der Waals surface area contributed by atoms with Gasteiger partial charge in [-0.05, 0) is 12.1 Å². The molecule has 1 amide bonds. The van der Waals surface area contributed by atoms with Crippen LogP contribution in [0.5, 0.6) is 0 Å². The first-order valence-electron chi connectivity index (χ1n) is 3.72. The number of aliphatic imine (C=N–C) groups is 1. The van der Waals surface area contributed by atoms with Crippen LogP contribution in [0, 0.1) is 10.1 Å². The zero-order valence-electron chi connectivity index (χ0n) is 7.34. The Morgan fingerprint density at radius 3 is 2.67 bits per heavy atom. The molecular weight excluding hydrogens is 202 g/mol. The first kappa shape index (κ1) is 10.6. The third-order valence-corrected chi connectivity index (χ3v) is 1.62. The number of hydrogen-bond acceptors (Lipinski definition) is 5. The lowest BCUT2D eigenvalue weighted by Crippen LogP contribution is -2.13. The summed E-state index contributed by atoms with van der Waals surface area (Å²) in [5.41, 5.74) is 4.25. The van der Waals surface area contributed by atoms with Crippen LogP contribution in [0.4, 0.5) is 11.4 Å². The molecule has 0 aromatic heterocycles. The fraction of sp³-hybridized carbons (Fsp3) is 0. The van der Waals surface area contributed by atoms with Crippen molar-refractivity contribution >= 4 is 23.4 Å². The molecule has 1 aromatic rings. The summed E-state index contributed by atoms with van der Waals surface area (Å²) in [7, 11) is 0. The van der Waals surface area contributed by atoms with Gasteiger partial charge in [0.25, 0.3) is 11.6 Å². The Morgan fingerprint density at radius 2 is 2.20 bits per heavy atom. The number of nitro benzene ring substituents is 1. The van der Waals surface area contributed by atoms with Gasteiger partial charge in [-0.2, -0.15) is 4.99 Å². The predicted octanol–water partition coefficient (Wildman–Crippen LogP) is 0.661. The van der Waals surface area contributed by atoms with Gasteiger partial charge >= 0.3 is 0 Å². The van der Waals surface area contributed by atoms with Gasteiger partial charge in [0.05, 0.1) is 10.6 Å². The van der Waals surface area contributed by atoms with E-state index in [0.29, 0.717) is 0 Å². The highest BCUT2D eigenvalue weighted by Crippen LogP contribution is 2.24. The van der Waals surface area contributed by atoms with Crippen LogP contribution in [-0.4, -0.2) is 16.9 Å². The third kappa shape index (κ3) is 2.23. The molecule has 0 aliphatic heterocycles. The summed E-state index contributed by atoms with van der Waals surface area (Å²) in [6.07, 6.45) is 1.24. The molecule has 15 heavy (non-hydrogen) atoms. The zero-order chi connectivity index (χ0) is 11.4. The first-order chi connectivity index (χ1) is 7.06. The van der Waals surface area contributed by atoms with Crippen LogP contribution >= 0.6 is 0 Å². The number of isocyanates is 1. The molecule has 0 spiro atoms. The third-order valence-electron chi connectivity index (χ3n) is 1.62. The summed E-state index contributed by atoms with van der Waals surface area (Å²) in [4.78, 5) is 33.7. The number of primary amides is 1. The van der Waals surface area contributed by atoms with Gasteiger partial charge in [-0.3, -0.25) is 14.9 Å². The molecule has 0 saturated carbocycles. The minimum Gasteiger partial charge on any atom is -0.365 e. The molecule has 0 bridgehead atoms. The standard InChI is InChI=1S/C8H5N3O4/c9-8(13)6-2-1-5(10-4-12)3-7(6)11(14)15/h1-3H,(H2,9,13). The Kier molecular flexibility index (Phi) is 2.90. The van der Waals surface area contributed by atoms with Crippen LogP contribution in [0.3, 0.4) is 0 Å². The molecular formula is C8H5N3O4. The molecule has 0 heterocycles. The Bertz CT molecular complexity index is 477. The molecule has 0 saturated heterocycles. The van der Waals surface area contributed by atoms with Crippen LogP contribution in [-0.2, 0) is 4.79 Å². The predicted molar refractivity (Wildman–Crippen MR) is 49.4 cm³/mol. The molecule has 2 N–H and O–H groups in total. The number of nitrogens with two attached hydrogens (primary N) is 1. The molecule has 7 nitrogen and oxygen atoms in total. The average Bonchev–Trinajstić information content (AvgIpc) is 2.17. The lowest BCUT2D eigenvalue weighted by Gasteiger charge is -1.98. The lowest BCUT2D eigenvalue weighted by atomic mass is 10.1. The maximum Gasteiger partial charge on any atom is 0.284 e. The second-order valence-corrected chi connectivity index (χ2v) is 2.53. The molecule has 0 atom stereocenters. The van der Waals surface area contributed by atoms with Gasteiger partial charge in [-0.15, -0.1) is 0 Å². The van der Waals surface area contributed by atoms with Crippen molar-refractivity contribution in [2.45, 2.75) is 0 Å². The van der Waals surface area contributed by atoms with Crippen molar-refractivity contribution in [1.82, 2.24) is 0 Å². The van der Waals surface area contributed by atoms with Crippen LogP contribution in [0.25, 0.3) is 0 Å². The number of nitrogens with zero attached hydrogens (tertiary/aromatic N) is 2. The highest BCUT2D eigenvalue weighted by atomic mass is 16.6. The van der Waals surface area contributed by atoms with Crippen LogP contribution in [0.2, 0.25) is 0 Å². The van der Waals surface area contributed by atoms with Crippen molar-refractivity contribution in [3.8, 4) is 0 Å². The second kappa shape index (κ2) is 4.12. The van der Waals surface area contributed by atoms with E-state index in [-0.39, 0.29) is 11.3 Å². The van der Waals surface area contributed by atoms with Gasteiger partial charge in [-0.1, -0.05) is 0 Å². The van der Waals surface area contributed by atoms with E-state index in [2.05, 4.69) is 4.99 Å². The smallest absolute Gasteiger partial charge is 0.284 e. The van der Waals surface area contributed by atoms with E-state index >= 15 is 0 Å². The summed E-state index contributed by atoms with van der Waals surface area (Å²) in [5.74, 6) is -0.914. The number of carbonyl (C=O) groups is 1. The fourth-order valence-corrected chi connectivity index (χ4v) is 1.00. The van der Waals surface area contributed by atoms with E-state index in [0.717, 1.165) is 12.1 Å². The van der Waals surface area contributed by atoms with E-state index in [1.54, 1.807) is 0 Å². The number of nitro groups is 1. The van der Waals surface area contributed by atoms with Crippen LogP contribution < -0.4 is 5.73 Å². The Balaban J connectivity index is 3.39. The van der Waals surface area contributed by atoms with Gasteiger partial charge in [0.1, 0.15) is 5.56 Å². The summed E-state index contributed by atoms with van der Waals surface area (Å²) in [6, 6.07) is 3.37. The highest BCUT2D eigenvalue weighted by Gasteiger charge is 2.18. The molecule has 76 valence electrons. The second-order valence-electron chi connectivity index (χ2n) is 2.53. The average molecular weight is 207 g/mol. The summed E-state index contributed by atoms with van der Waals surface area (Å²) in [6.45, 7) is 0. The van der Waals surface area contributed by atoms with Gasteiger partial charge < -0.3 is 5.73 Å². The molecule has 0 unspecified atom stereocenters. The molecule has 0 radical (unpaired) electrons. The number of rotatable bonds is 3. The largest absolute Gasteiger partial charge is 0.365 e. The lowest BCUT2D eigenvalue weighted by molar-refractivity contribution is -0.385. The van der Waals surface area contributed by atoms with Crippen molar-refractivity contribution in [2.24, 2.45) is 10.7 Å². The molecule has 7 heteroatoms. The molecule has 1 rings (SSSR count). The zero-order valence-corrected chi connectivity index (χ0v) is 7.34. The van der Waals surface area contributed by atoms with E-state index in [1.807, 2.05) is 0 Å². The van der Waals surface area contributed by atoms with Gasteiger partial charge in [-0.25, -0.2) is 4.79 Å². The minimum absolute atomic E-state index is 0.0432. The van der Waals surface area contributed by atoms with Gasteiger partial charge in [0, 0.05) is 6.07 Å². The van der Waals surface area contributed by atoms with Gasteiger partial charge in [0.15, 0.2) is 0 Å². The number of hydrogen-bond donors (Lipinski definition) is 1. The quantitative estimate of drug-likeness (QED) is 0.339.